The van der Waals surface area contributed by atoms with Gasteiger partial charge in [-0.1, -0.05) is 46.9 Å². The van der Waals surface area contributed by atoms with Crippen molar-refractivity contribution in [1.82, 2.24) is 0 Å². The number of rotatable bonds is 2. The van der Waals surface area contributed by atoms with Gasteiger partial charge in [0.1, 0.15) is 0 Å². The molecular weight excluding hydrogens is 358 g/mol. The van der Waals surface area contributed by atoms with Gasteiger partial charge in [-0.3, -0.25) is 0 Å². The van der Waals surface area contributed by atoms with Crippen LogP contribution in [0.4, 0.5) is 18.9 Å². The maximum Gasteiger partial charge on any atom is 0.418 e. The highest BCUT2D eigenvalue weighted by Gasteiger charge is 2.35. The van der Waals surface area contributed by atoms with Gasteiger partial charge in [0, 0.05) is 30.7 Å². The van der Waals surface area contributed by atoms with E-state index in [1.165, 1.54) is 17.0 Å². The highest BCUT2D eigenvalue weighted by Crippen LogP contribution is 2.44. The van der Waals surface area contributed by atoms with Gasteiger partial charge in [-0.15, -0.1) is 0 Å². The SMILES string of the molecule is CN(C)c1cc(C2CC=C(Cl)C(Cl)=C2Cl)ccc1C(F)(F)F. The summed E-state index contributed by atoms with van der Waals surface area (Å²) < 4.78 is 39.2. The van der Waals surface area contributed by atoms with Gasteiger partial charge in [-0.2, -0.15) is 13.2 Å². The van der Waals surface area contributed by atoms with Crippen molar-refractivity contribution >= 4 is 40.5 Å². The van der Waals surface area contributed by atoms with Crippen molar-refractivity contribution in [1.29, 1.82) is 0 Å². The molecule has 1 unspecified atom stereocenters. The van der Waals surface area contributed by atoms with Gasteiger partial charge in [-0.05, 0) is 24.1 Å². The average Bonchev–Trinajstić information content (AvgIpc) is 2.43. The molecule has 2 rings (SSSR count). The number of benzene rings is 1. The molecule has 0 fully saturated rings. The molecule has 120 valence electrons. The summed E-state index contributed by atoms with van der Waals surface area (Å²) in [6, 6.07) is 4.00. The summed E-state index contributed by atoms with van der Waals surface area (Å²) in [5, 5.41) is 0.951. The number of halogens is 6. The number of hydrogen-bond donors (Lipinski definition) is 0. The zero-order valence-electron chi connectivity index (χ0n) is 11.8. The van der Waals surface area contributed by atoms with E-state index in [0.717, 1.165) is 6.07 Å². The minimum Gasteiger partial charge on any atom is -0.377 e. The molecule has 1 aromatic rings. The standard InChI is InChI=1S/C15H13Cl3F3N/c1-22(2)12-7-8(3-5-10(12)15(19,20)21)9-4-6-11(16)14(18)13(9)17/h3,5-7,9H,4H2,1-2H3. The van der Waals surface area contributed by atoms with Gasteiger partial charge in [0.15, 0.2) is 0 Å². The maximum atomic E-state index is 13.1. The predicted octanol–water partition coefficient (Wildman–Crippen LogP) is 6.07. The van der Waals surface area contributed by atoms with Gasteiger partial charge in [0.25, 0.3) is 0 Å². The Kier molecular flexibility index (Phi) is 5.05. The molecule has 0 amide bonds. The van der Waals surface area contributed by atoms with Crippen LogP contribution in [0.1, 0.15) is 23.5 Å². The van der Waals surface area contributed by atoms with Crippen LogP contribution >= 0.6 is 34.8 Å². The molecule has 1 aliphatic carbocycles. The number of anilines is 1. The third-order valence-electron chi connectivity index (χ3n) is 3.47. The maximum absolute atomic E-state index is 13.1. The normalized spacial score (nSPS) is 19.3. The molecule has 0 spiro atoms. The first kappa shape index (κ1) is 17.5. The Morgan fingerprint density at radius 3 is 2.32 bits per heavy atom. The van der Waals surface area contributed by atoms with Crippen LogP contribution in [-0.4, -0.2) is 14.1 Å². The topological polar surface area (TPSA) is 3.24 Å². The zero-order chi connectivity index (χ0) is 16.7. The lowest BCUT2D eigenvalue weighted by Crippen LogP contribution is -2.17. The quantitative estimate of drug-likeness (QED) is 0.610. The van der Waals surface area contributed by atoms with E-state index in [-0.39, 0.29) is 16.6 Å². The number of nitrogens with zero attached hydrogens (tertiary/aromatic N) is 1. The van der Waals surface area contributed by atoms with E-state index in [1.807, 2.05) is 0 Å². The molecule has 0 bridgehead atoms. The zero-order valence-corrected chi connectivity index (χ0v) is 14.1. The third-order valence-corrected chi connectivity index (χ3v) is 4.87. The van der Waals surface area contributed by atoms with Crippen LogP contribution in [0, 0.1) is 0 Å². The lowest BCUT2D eigenvalue weighted by Gasteiger charge is -2.25. The van der Waals surface area contributed by atoms with Crippen LogP contribution in [0.2, 0.25) is 0 Å². The Morgan fingerprint density at radius 1 is 1.14 bits per heavy atom. The summed E-state index contributed by atoms with van der Waals surface area (Å²) in [6.45, 7) is 0. The van der Waals surface area contributed by atoms with E-state index in [9.17, 15) is 13.2 Å². The molecular formula is C15H13Cl3F3N. The van der Waals surface area contributed by atoms with E-state index >= 15 is 0 Å². The summed E-state index contributed by atoms with van der Waals surface area (Å²) in [4.78, 5) is 1.43. The van der Waals surface area contributed by atoms with Crippen molar-refractivity contribution in [3.05, 3.63) is 50.5 Å². The Morgan fingerprint density at radius 2 is 1.77 bits per heavy atom. The van der Waals surface area contributed by atoms with Gasteiger partial charge >= 0.3 is 6.18 Å². The molecule has 0 aliphatic heterocycles. The fourth-order valence-electron chi connectivity index (χ4n) is 2.34. The average molecular weight is 371 g/mol. The molecule has 0 heterocycles. The van der Waals surface area contributed by atoms with E-state index in [4.69, 9.17) is 34.8 Å². The van der Waals surface area contributed by atoms with Gasteiger partial charge in [0.2, 0.25) is 0 Å². The lowest BCUT2D eigenvalue weighted by atomic mass is 9.90. The molecule has 0 radical (unpaired) electrons. The second-order valence-corrected chi connectivity index (χ2v) is 6.36. The summed E-state index contributed by atoms with van der Waals surface area (Å²) in [6.07, 6.45) is -2.20. The van der Waals surface area contributed by atoms with Gasteiger partial charge < -0.3 is 4.90 Å². The van der Waals surface area contributed by atoms with Crippen LogP contribution in [0.25, 0.3) is 0 Å². The van der Waals surface area contributed by atoms with Gasteiger partial charge in [-0.25, -0.2) is 0 Å². The minimum absolute atomic E-state index is 0.0891. The smallest absolute Gasteiger partial charge is 0.377 e. The molecule has 0 aromatic heterocycles. The van der Waals surface area contributed by atoms with Crippen LogP contribution < -0.4 is 4.90 Å². The van der Waals surface area contributed by atoms with Gasteiger partial charge in [0.05, 0.1) is 15.6 Å². The highest BCUT2D eigenvalue weighted by molar-refractivity contribution is 6.48. The van der Waals surface area contributed by atoms with Crippen molar-refractivity contribution in [3.8, 4) is 0 Å². The van der Waals surface area contributed by atoms with E-state index in [1.54, 1.807) is 20.2 Å². The minimum atomic E-state index is -4.41. The molecule has 7 heteroatoms. The fourth-order valence-corrected chi connectivity index (χ4v) is 3.10. The molecule has 1 aliphatic rings. The molecule has 0 saturated carbocycles. The fraction of sp³-hybridized carbons (Fsp3) is 0.333. The second-order valence-electron chi connectivity index (χ2n) is 5.17. The van der Waals surface area contributed by atoms with Crippen molar-refractivity contribution < 1.29 is 13.2 Å². The van der Waals surface area contributed by atoms with Crippen LogP contribution in [0.15, 0.2) is 39.4 Å². The Balaban J connectivity index is 2.49. The molecule has 1 nitrogen and oxygen atoms in total. The number of hydrogen-bond acceptors (Lipinski definition) is 1. The largest absolute Gasteiger partial charge is 0.418 e. The Bertz CT molecular complexity index is 648. The summed E-state index contributed by atoms with van der Waals surface area (Å²) >= 11 is 18.1. The van der Waals surface area contributed by atoms with Crippen molar-refractivity contribution in [2.45, 2.75) is 18.5 Å². The van der Waals surface area contributed by atoms with E-state index in [0.29, 0.717) is 22.0 Å². The summed E-state index contributed by atoms with van der Waals surface area (Å²) in [5.74, 6) is -0.294. The van der Waals surface area contributed by atoms with Crippen molar-refractivity contribution in [2.24, 2.45) is 0 Å². The predicted molar refractivity (Wildman–Crippen MR) is 85.8 cm³/mol. The first-order valence-corrected chi connectivity index (χ1v) is 7.56. The van der Waals surface area contributed by atoms with Crippen LogP contribution in [0.5, 0.6) is 0 Å². The highest BCUT2D eigenvalue weighted by atomic mass is 35.5. The molecule has 0 N–H and O–H groups in total. The van der Waals surface area contributed by atoms with Crippen LogP contribution in [0.3, 0.4) is 0 Å². The van der Waals surface area contributed by atoms with E-state index < -0.39 is 11.7 Å². The first-order valence-electron chi connectivity index (χ1n) is 6.42. The Labute approximate surface area is 141 Å². The number of alkyl halides is 3. The number of allylic oxidation sites excluding steroid dienone is 4. The third kappa shape index (κ3) is 3.39. The van der Waals surface area contributed by atoms with Crippen molar-refractivity contribution in [2.75, 3.05) is 19.0 Å². The van der Waals surface area contributed by atoms with E-state index in [2.05, 4.69) is 0 Å². The molecule has 1 atom stereocenters. The molecule has 1 aromatic carbocycles. The van der Waals surface area contributed by atoms with Crippen LogP contribution in [-0.2, 0) is 6.18 Å². The second kappa shape index (κ2) is 6.34. The molecule has 0 saturated heterocycles. The monoisotopic (exact) mass is 369 g/mol. The molecule has 22 heavy (non-hydrogen) atoms. The van der Waals surface area contributed by atoms with Crippen molar-refractivity contribution in [3.63, 3.8) is 0 Å². The first-order chi connectivity index (χ1) is 10.1. The Hall–Kier alpha value is -0.840. The lowest BCUT2D eigenvalue weighted by molar-refractivity contribution is -0.137. The summed E-state index contributed by atoms with van der Waals surface area (Å²) in [7, 11) is 3.13. The summed E-state index contributed by atoms with van der Waals surface area (Å²) in [5.41, 5.74) is 0.0725.